The molecule has 4 heterocycles. The molecule has 4 aromatic rings. The standard InChI is InChI=1S/C27H28N4O3S/c1-2-30(16-12-21-8-5-6-13-28-21)26(32)22-18-35-25(29-22)19-10-14-31(15-11-19)27(33)24-17-20-7-3-4-9-23(20)34-24/h3-9,13,17-19H,2,10-12,14-16H2,1H3. The SMILES string of the molecule is CCN(CCc1ccccn1)C(=O)c1csc(C2CCN(C(=O)c3cc4ccccc4o3)CC2)n1. The number of likely N-dealkylation sites (N-methyl/N-ethyl adjacent to an activating group) is 1. The zero-order valence-corrected chi connectivity index (χ0v) is 20.5. The van der Waals surface area contributed by atoms with Gasteiger partial charge in [0.15, 0.2) is 5.76 Å². The molecule has 0 atom stereocenters. The van der Waals surface area contributed by atoms with Crippen molar-refractivity contribution in [2.75, 3.05) is 26.2 Å². The van der Waals surface area contributed by atoms with Crippen molar-refractivity contribution < 1.29 is 14.0 Å². The minimum atomic E-state index is -0.0684. The molecule has 0 radical (unpaired) electrons. The predicted octanol–water partition coefficient (Wildman–Crippen LogP) is 5.01. The average Bonchev–Trinajstić information content (AvgIpc) is 3.57. The first kappa shape index (κ1) is 23.2. The maximum absolute atomic E-state index is 13.1. The fourth-order valence-electron chi connectivity index (χ4n) is 4.51. The molecule has 2 amide bonds. The second kappa shape index (κ2) is 10.4. The number of para-hydroxylation sites is 1. The second-order valence-corrected chi connectivity index (χ2v) is 9.63. The Bertz CT molecular complexity index is 1280. The Balaban J connectivity index is 1.17. The van der Waals surface area contributed by atoms with Crippen LogP contribution < -0.4 is 0 Å². The Morgan fingerprint density at radius 2 is 1.94 bits per heavy atom. The van der Waals surface area contributed by atoms with Crippen LogP contribution in [0.1, 0.15) is 57.4 Å². The summed E-state index contributed by atoms with van der Waals surface area (Å²) in [5.41, 5.74) is 2.21. The largest absolute Gasteiger partial charge is 0.451 e. The fourth-order valence-corrected chi connectivity index (χ4v) is 5.47. The number of rotatable bonds is 7. The van der Waals surface area contributed by atoms with Gasteiger partial charge in [0, 0.05) is 61.2 Å². The molecule has 0 saturated carbocycles. The summed E-state index contributed by atoms with van der Waals surface area (Å²) in [5, 5.41) is 3.78. The van der Waals surface area contributed by atoms with Crippen molar-refractivity contribution in [1.82, 2.24) is 19.8 Å². The Morgan fingerprint density at radius 1 is 1.14 bits per heavy atom. The molecule has 5 rings (SSSR count). The molecule has 1 saturated heterocycles. The van der Waals surface area contributed by atoms with Gasteiger partial charge in [-0.05, 0) is 44.0 Å². The van der Waals surface area contributed by atoms with E-state index >= 15 is 0 Å². The van der Waals surface area contributed by atoms with E-state index in [2.05, 4.69) is 4.98 Å². The number of hydrogen-bond acceptors (Lipinski definition) is 6. The molecule has 0 spiro atoms. The van der Waals surface area contributed by atoms with E-state index in [1.165, 1.54) is 0 Å². The molecule has 0 unspecified atom stereocenters. The number of hydrogen-bond donors (Lipinski definition) is 0. The zero-order valence-electron chi connectivity index (χ0n) is 19.7. The summed E-state index contributed by atoms with van der Waals surface area (Å²) in [4.78, 5) is 38.7. The number of amides is 2. The first-order chi connectivity index (χ1) is 17.1. The maximum Gasteiger partial charge on any atom is 0.289 e. The molecule has 0 bridgehead atoms. The van der Waals surface area contributed by atoms with Gasteiger partial charge in [0.2, 0.25) is 0 Å². The molecule has 1 aromatic carbocycles. The third kappa shape index (κ3) is 5.12. The van der Waals surface area contributed by atoms with E-state index in [9.17, 15) is 9.59 Å². The van der Waals surface area contributed by atoms with Crippen LogP contribution in [0.4, 0.5) is 0 Å². The molecule has 1 aliphatic heterocycles. The molecule has 0 aliphatic carbocycles. The summed E-state index contributed by atoms with van der Waals surface area (Å²) in [6.45, 7) is 4.52. The van der Waals surface area contributed by atoms with Crippen molar-refractivity contribution in [3.8, 4) is 0 Å². The first-order valence-electron chi connectivity index (χ1n) is 12.0. The van der Waals surface area contributed by atoms with E-state index in [0.29, 0.717) is 37.6 Å². The minimum absolute atomic E-state index is 0.0385. The lowest BCUT2D eigenvalue weighted by molar-refractivity contribution is 0.0683. The number of benzene rings is 1. The number of aromatic nitrogens is 2. The van der Waals surface area contributed by atoms with E-state index in [-0.39, 0.29) is 17.7 Å². The van der Waals surface area contributed by atoms with Crippen LogP contribution in [-0.2, 0) is 6.42 Å². The summed E-state index contributed by atoms with van der Waals surface area (Å²) in [6, 6.07) is 15.3. The molecular weight excluding hydrogens is 460 g/mol. The number of furan rings is 1. The van der Waals surface area contributed by atoms with Crippen molar-refractivity contribution in [3.63, 3.8) is 0 Å². The summed E-state index contributed by atoms with van der Waals surface area (Å²) in [5.74, 6) is 0.534. The van der Waals surface area contributed by atoms with Crippen molar-refractivity contribution in [2.24, 2.45) is 0 Å². The van der Waals surface area contributed by atoms with E-state index in [1.54, 1.807) is 17.5 Å². The monoisotopic (exact) mass is 488 g/mol. The number of fused-ring (bicyclic) bond motifs is 1. The van der Waals surface area contributed by atoms with Gasteiger partial charge in [-0.15, -0.1) is 11.3 Å². The van der Waals surface area contributed by atoms with Crippen molar-refractivity contribution in [2.45, 2.75) is 32.1 Å². The quantitative estimate of drug-likeness (QED) is 0.365. The fraction of sp³-hybridized carbons (Fsp3) is 0.333. The van der Waals surface area contributed by atoms with Crippen molar-refractivity contribution in [3.05, 3.63) is 82.3 Å². The molecule has 1 fully saturated rings. The van der Waals surface area contributed by atoms with Crippen LogP contribution in [0.2, 0.25) is 0 Å². The van der Waals surface area contributed by atoms with E-state index < -0.39 is 0 Å². The highest BCUT2D eigenvalue weighted by atomic mass is 32.1. The molecule has 7 nitrogen and oxygen atoms in total. The van der Waals surface area contributed by atoms with Gasteiger partial charge in [0.05, 0.1) is 5.01 Å². The van der Waals surface area contributed by atoms with Crippen LogP contribution >= 0.6 is 11.3 Å². The van der Waals surface area contributed by atoms with Crippen molar-refractivity contribution in [1.29, 1.82) is 0 Å². The summed E-state index contributed by atoms with van der Waals surface area (Å²) in [6.07, 6.45) is 4.14. The third-order valence-corrected chi connectivity index (χ3v) is 7.55. The summed E-state index contributed by atoms with van der Waals surface area (Å²) < 4.78 is 5.76. The zero-order chi connectivity index (χ0) is 24.2. The van der Waals surface area contributed by atoms with Crippen LogP contribution in [0.3, 0.4) is 0 Å². The Labute approximate surface area is 208 Å². The van der Waals surface area contributed by atoms with Crippen LogP contribution in [0.5, 0.6) is 0 Å². The lowest BCUT2D eigenvalue weighted by Crippen LogP contribution is -2.37. The maximum atomic E-state index is 13.1. The molecular formula is C27H28N4O3S. The van der Waals surface area contributed by atoms with Gasteiger partial charge < -0.3 is 14.2 Å². The second-order valence-electron chi connectivity index (χ2n) is 8.74. The van der Waals surface area contributed by atoms with Crippen molar-refractivity contribution >= 4 is 34.1 Å². The minimum Gasteiger partial charge on any atom is -0.451 e. The highest BCUT2D eigenvalue weighted by Crippen LogP contribution is 2.31. The van der Waals surface area contributed by atoms with Gasteiger partial charge in [0.1, 0.15) is 11.3 Å². The Kier molecular flexibility index (Phi) is 6.90. The first-order valence-corrected chi connectivity index (χ1v) is 12.9. The summed E-state index contributed by atoms with van der Waals surface area (Å²) in [7, 11) is 0. The van der Waals surface area contributed by atoms with Crippen LogP contribution in [0, 0.1) is 0 Å². The van der Waals surface area contributed by atoms with Crippen LogP contribution in [-0.4, -0.2) is 57.8 Å². The van der Waals surface area contributed by atoms with E-state index in [0.717, 1.165) is 40.9 Å². The summed E-state index contributed by atoms with van der Waals surface area (Å²) >= 11 is 1.54. The van der Waals surface area contributed by atoms with Gasteiger partial charge >= 0.3 is 0 Å². The number of thiazole rings is 1. The lowest BCUT2D eigenvalue weighted by Gasteiger charge is -2.30. The molecule has 35 heavy (non-hydrogen) atoms. The van der Waals surface area contributed by atoms with E-state index in [4.69, 9.17) is 9.40 Å². The van der Waals surface area contributed by atoms with Gasteiger partial charge in [-0.2, -0.15) is 0 Å². The third-order valence-electron chi connectivity index (χ3n) is 6.54. The molecule has 0 N–H and O–H groups in total. The highest BCUT2D eigenvalue weighted by Gasteiger charge is 2.29. The van der Waals surface area contributed by atoms with Gasteiger partial charge in [-0.3, -0.25) is 14.6 Å². The molecule has 3 aromatic heterocycles. The number of nitrogens with zero attached hydrogens (tertiary/aromatic N) is 4. The van der Waals surface area contributed by atoms with Gasteiger partial charge in [0.25, 0.3) is 11.8 Å². The Morgan fingerprint density at radius 3 is 2.69 bits per heavy atom. The molecule has 1 aliphatic rings. The van der Waals surface area contributed by atoms with E-state index in [1.807, 2.05) is 70.6 Å². The molecule has 8 heteroatoms. The lowest BCUT2D eigenvalue weighted by atomic mass is 9.97. The highest BCUT2D eigenvalue weighted by molar-refractivity contribution is 7.09. The van der Waals surface area contributed by atoms with Gasteiger partial charge in [-0.1, -0.05) is 24.3 Å². The smallest absolute Gasteiger partial charge is 0.289 e. The Hall–Kier alpha value is -3.52. The predicted molar refractivity (Wildman–Crippen MR) is 136 cm³/mol. The number of carbonyl (C=O) groups excluding carboxylic acids is 2. The topological polar surface area (TPSA) is 79.5 Å². The average molecular weight is 489 g/mol. The number of piperidine rings is 1. The normalized spacial score (nSPS) is 14.4. The number of likely N-dealkylation sites (tertiary alicyclic amines) is 1. The van der Waals surface area contributed by atoms with Crippen LogP contribution in [0.25, 0.3) is 11.0 Å². The number of carbonyl (C=O) groups is 2. The van der Waals surface area contributed by atoms with Gasteiger partial charge in [-0.25, -0.2) is 4.98 Å². The van der Waals surface area contributed by atoms with Crippen LogP contribution in [0.15, 0.2) is 64.5 Å². The number of pyridine rings is 1. The molecule has 180 valence electrons.